The molecule has 3 rings (SSSR count). The van der Waals surface area contributed by atoms with Crippen LogP contribution in [0.5, 0.6) is 0 Å². The van der Waals surface area contributed by atoms with Crippen LogP contribution in [-0.2, 0) is 22.7 Å². The third-order valence-electron chi connectivity index (χ3n) is 4.61. The fraction of sp³-hybridized carbons (Fsp3) is 0.350. The lowest BCUT2D eigenvalue weighted by molar-refractivity contribution is -0.157. The van der Waals surface area contributed by atoms with Gasteiger partial charge >= 0.3 is 6.18 Å². The van der Waals surface area contributed by atoms with Crippen molar-refractivity contribution in [3.8, 4) is 0 Å². The molecule has 0 saturated carbocycles. The highest BCUT2D eigenvalue weighted by molar-refractivity contribution is 5.94. The number of carbonyl (C=O) groups excluding carboxylic acids is 3. The number of nitrogens with one attached hydrogen (secondary N) is 2. The summed E-state index contributed by atoms with van der Waals surface area (Å²) in [6, 6.07) is 10.0. The molecule has 0 aliphatic carbocycles. The molecule has 30 heavy (non-hydrogen) atoms. The van der Waals surface area contributed by atoms with E-state index in [1.165, 1.54) is 6.26 Å². The Hall–Kier alpha value is -3.30. The summed E-state index contributed by atoms with van der Waals surface area (Å²) in [6.07, 6.45) is -3.25. The zero-order valence-corrected chi connectivity index (χ0v) is 15.9. The zero-order valence-electron chi connectivity index (χ0n) is 15.9. The van der Waals surface area contributed by atoms with Crippen LogP contribution in [0.1, 0.15) is 28.1 Å². The average molecular weight is 423 g/mol. The third kappa shape index (κ3) is 5.85. The van der Waals surface area contributed by atoms with Gasteiger partial charge in [0.2, 0.25) is 11.8 Å². The molecule has 1 fully saturated rings. The van der Waals surface area contributed by atoms with Crippen LogP contribution in [0, 0.1) is 5.92 Å². The van der Waals surface area contributed by atoms with Crippen molar-refractivity contribution in [2.45, 2.75) is 25.7 Å². The molecular weight excluding hydrogens is 403 g/mol. The molecule has 3 amide bonds. The first-order valence-electron chi connectivity index (χ1n) is 9.23. The zero-order chi connectivity index (χ0) is 21.7. The van der Waals surface area contributed by atoms with Gasteiger partial charge in [-0.15, -0.1) is 0 Å². The predicted molar refractivity (Wildman–Crippen MR) is 98.9 cm³/mol. The summed E-state index contributed by atoms with van der Waals surface area (Å²) in [5, 5.41) is 5.33. The standard InChI is InChI=1S/C20H20F3N3O4/c21-20(22,23)12-26-11-15(8-17(26)27)19(29)24-9-13-3-1-4-14(7-13)18(28)25-10-16-5-2-6-30-16/h1-7,15H,8-12H2,(H,24,29)(H,25,28). The van der Waals surface area contributed by atoms with Crippen molar-refractivity contribution >= 4 is 17.7 Å². The Morgan fingerprint density at radius 1 is 1.13 bits per heavy atom. The number of likely N-dealkylation sites (tertiary alicyclic amines) is 1. The van der Waals surface area contributed by atoms with Crippen LogP contribution < -0.4 is 10.6 Å². The van der Waals surface area contributed by atoms with E-state index in [0.717, 1.165) is 0 Å². The van der Waals surface area contributed by atoms with Crippen LogP contribution in [0.15, 0.2) is 47.1 Å². The van der Waals surface area contributed by atoms with E-state index in [4.69, 9.17) is 4.42 Å². The number of hydrogen-bond acceptors (Lipinski definition) is 4. The first-order valence-corrected chi connectivity index (χ1v) is 9.23. The van der Waals surface area contributed by atoms with Gasteiger partial charge in [0.05, 0.1) is 18.7 Å². The molecule has 1 atom stereocenters. The normalized spacial score (nSPS) is 16.6. The van der Waals surface area contributed by atoms with Crippen LogP contribution >= 0.6 is 0 Å². The smallest absolute Gasteiger partial charge is 0.406 e. The molecule has 2 aromatic rings. The molecule has 2 N–H and O–H groups in total. The summed E-state index contributed by atoms with van der Waals surface area (Å²) in [6.45, 7) is -1.30. The number of benzene rings is 1. The van der Waals surface area contributed by atoms with Crippen LogP contribution in [0.3, 0.4) is 0 Å². The minimum atomic E-state index is -4.50. The van der Waals surface area contributed by atoms with E-state index in [1.807, 2.05) is 0 Å². The first kappa shape index (κ1) is 21.4. The molecule has 0 radical (unpaired) electrons. The van der Waals surface area contributed by atoms with Gasteiger partial charge in [-0.05, 0) is 29.8 Å². The van der Waals surface area contributed by atoms with Crippen LogP contribution in [0.4, 0.5) is 13.2 Å². The largest absolute Gasteiger partial charge is 0.467 e. The summed E-state index contributed by atoms with van der Waals surface area (Å²) in [7, 11) is 0. The maximum atomic E-state index is 12.5. The Labute approximate surface area is 170 Å². The number of nitrogens with zero attached hydrogens (tertiary/aromatic N) is 1. The maximum Gasteiger partial charge on any atom is 0.406 e. The number of alkyl halides is 3. The fourth-order valence-electron chi connectivity index (χ4n) is 3.16. The molecule has 1 aromatic carbocycles. The lowest BCUT2D eigenvalue weighted by atomic mass is 10.1. The molecule has 0 spiro atoms. The maximum absolute atomic E-state index is 12.5. The number of carbonyl (C=O) groups is 3. The molecule has 2 heterocycles. The topological polar surface area (TPSA) is 91.6 Å². The van der Waals surface area contributed by atoms with Gasteiger partial charge in [0, 0.05) is 25.1 Å². The van der Waals surface area contributed by atoms with Crippen LogP contribution in [0.25, 0.3) is 0 Å². The van der Waals surface area contributed by atoms with Crippen molar-refractivity contribution in [1.82, 2.24) is 15.5 Å². The molecule has 1 aliphatic rings. The van der Waals surface area contributed by atoms with Crippen molar-refractivity contribution in [3.05, 3.63) is 59.5 Å². The molecule has 7 nitrogen and oxygen atoms in total. The van der Waals surface area contributed by atoms with Gasteiger partial charge in [-0.2, -0.15) is 13.2 Å². The summed E-state index contributed by atoms with van der Waals surface area (Å²) in [4.78, 5) is 36.9. The molecule has 160 valence electrons. The Bertz CT molecular complexity index is 912. The van der Waals surface area contributed by atoms with E-state index >= 15 is 0 Å². The van der Waals surface area contributed by atoms with Gasteiger partial charge in [0.15, 0.2) is 0 Å². The van der Waals surface area contributed by atoms with Crippen LogP contribution in [0.2, 0.25) is 0 Å². The molecule has 0 bridgehead atoms. The number of rotatable bonds is 7. The Kier molecular flexibility index (Phi) is 6.43. The minimum absolute atomic E-state index is 0.0854. The van der Waals surface area contributed by atoms with E-state index in [2.05, 4.69) is 10.6 Å². The Morgan fingerprint density at radius 2 is 1.93 bits per heavy atom. The Morgan fingerprint density at radius 3 is 2.63 bits per heavy atom. The molecule has 10 heteroatoms. The molecule has 1 aromatic heterocycles. The van der Waals surface area contributed by atoms with Crippen molar-refractivity contribution in [1.29, 1.82) is 0 Å². The van der Waals surface area contributed by atoms with E-state index in [1.54, 1.807) is 36.4 Å². The number of amides is 3. The molecular formula is C20H20F3N3O4. The quantitative estimate of drug-likeness (QED) is 0.715. The second-order valence-corrected chi connectivity index (χ2v) is 6.97. The second kappa shape index (κ2) is 9.02. The average Bonchev–Trinajstić information content (AvgIpc) is 3.33. The van der Waals surface area contributed by atoms with Gasteiger partial charge < -0.3 is 20.0 Å². The highest BCUT2D eigenvalue weighted by Gasteiger charge is 2.40. The first-order chi connectivity index (χ1) is 14.2. The monoisotopic (exact) mass is 423 g/mol. The lowest BCUT2D eigenvalue weighted by Crippen LogP contribution is -2.37. The minimum Gasteiger partial charge on any atom is -0.467 e. The van der Waals surface area contributed by atoms with Crippen molar-refractivity contribution in [2.75, 3.05) is 13.1 Å². The van der Waals surface area contributed by atoms with E-state index in [0.29, 0.717) is 21.8 Å². The summed E-state index contributed by atoms with van der Waals surface area (Å²) in [5.41, 5.74) is 1.03. The Balaban J connectivity index is 1.51. The summed E-state index contributed by atoms with van der Waals surface area (Å²) in [5.74, 6) is -1.73. The molecule has 1 unspecified atom stereocenters. The highest BCUT2D eigenvalue weighted by Crippen LogP contribution is 2.24. The van der Waals surface area contributed by atoms with Gasteiger partial charge in [0.1, 0.15) is 12.3 Å². The number of halogens is 3. The van der Waals surface area contributed by atoms with Crippen molar-refractivity contribution in [3.63, 3.8) is 0 Å². The fourth-order valence-corrected chi connectivity index (χ4v) is 3.16. The van der Waals surface area contributed by atoms with Crippen molar-refractivity contribution < 1.29 is 32.0 Å². The number of furan rings is 1. The molecule has 1 aliphatic heterocycles. The lowest BCUT2D eigenvalue weighted by Gasteiger charge is -2.18. The van der Waals surface area contributed by atoms with Gasteiger partial charge in [-0.1, -0.05) is 12.1 Å². The van der Waals surface area contributed by atoms with E-state index < -0.39 is 30.5 Å². The van der Waals surface area contributed by atoms with Gasteiger partial charge in [0.25, 0.3) is 5.91 Å². The number of hydrogen-bond donors (Lipinski definition) is 2. The summed E-state index contributed by atoms with van der Waals surface area (Å²) < 4.78 is 42.6. The second-order valence-electron chi connectivity index (χ2n) is 6.97. The van der Waals surface area contributed by atoms with E-state index in [-0.39, 0.29) is 32.0 Å². The van der Waals surface area contributed by atoms with E-state index in [9.17, 15) is 27.6 Å². The molecule has 1 saturated heterocycles. The van der Waals surface area contributed by atoms with Crippen LogP contribution in [-0.4, -0.2) is 41.9 Å². The highest BCUT2D eigenvalue weighted by atomic mass is 19.4. The van der Waals surface area contributed by atoms with Gasteiger partial charge in [-0.3, -0.25) is 14.4 Å². The van der Waals surface area contributed by atoms with Gasteiger partial charge in [-0.25, -0.2) is 0 Å². The third-order valence-corrected chi connectivity index (χ3v) is 4.61. The summed E-state index contributed by atoms with van der Waals surface area (Å²) >= 11 is 0. The predicted octanol–water partition coefficient (Wildman–Crippen LogP) is 2.24. The van der Waals surface area contributed by atoms with Crippen molar-refractivity contribution in [2.24, 2.45) is 5.92 Å². The SMILES string of the molecule is O=C(NCc1ccco1)c1cccc(CNC(=O)C2CC(=O)N(CC(F)(F)F)C2)c1.